The first kappa shape index (κ1) is 22.6. The maximum absolute atomic E-state index is 14.2. The van der Waals surface area contributed by atoms with Crippen molar-refractivity contribution in [2.75, 3.05) is 19.5 Å². The lowest BCUT2D eigenvalue weighted by Gasteiger charge is -2.24. The monoisotopic (exact) mass is 487 g/mol. The van der Waals surface area contributed by atoms with E-state index in [1.807, 2.05) is 0 Å². The third-order valence-corrected chi connectivity index (χ3v) is 8.07. The molecule has 0 aliphatic carbocycles. The molecule has 2 aromatic heterocycles. The molecule has 0 saturated heterocycles. The van der Waals surface area contributed by atoms with Crippen molar-refractivity contribution < 1.29 is 18.5 Å². The van der Waals surface area contributed by atoms with Gasteiger partial charge in [-0.15, -0.1) is 0 Å². The van der Waals surface area contributed by atoms with Crippen LogP contribution in [0, 0.1) is 0 Å². The summed E-state index contributed by atoms with van der Waals surface area (Å²) in [5.74, 6) is 1.13. The molecule has 33 heavy (non-hydrogen) atoms. The van der Waals surface area contributed by atoms with Crippen molar-refractivity contribution >= 4 is 50.5 Å². The van der Waals surface area contributed by atoms with E-state index in [4.69, 9.17) is 21.1 Å². The largest absolute Gasteiger partial charge is 0.497 e. The van der Waals surface area contributed by atoms with Gasteiger partial charge < -0.3 is 19.4 Å². The summed E-state index contributed by atoms with van der Waals surface area (Å²) < 4.78 is 28.7. The molecular formula is C22H22ClN5O4S. The number of nitrogens with zero attached hydrogens (tertiary/aromatic N) is 3. The van der Waals surface area contributed by atoms with Crippen LogP contribution in [0.1, 0.15) is 0 Å². The number of methoxy groups -OCH3 is 2. The van der Waals surface area contributed by atoms with Gasteiger partial charge >= 0.3 is 6.01 Å². The molecule has 0 aliphatic rings. The molecule has 0 fully saturated rings. The van der Waals surface area contributed by atoms with E-state index in [0.717, 1.165) is 0 Å². The summed E-state index contributed by atoms with van der Waals surface area (Å²) in [5.41, 5.74) is 1.34. The van der Waals surface area contributed by atoms with E-state index in [2.05, 4.69) is 20.0 Å². The van der Waals surface area contributed by atoms with Crippen LogP contribution >= 0.6 is 11.6 Å². The summed E-state index contributed by atoms with van der Waals surface area (Å²) in [4.78, 5) is 20.2. The molecule has 0 aliphatic heterocycles. The van der Waals surface area contributed by atoms with Crippen LogP contribution < -0.4 is 19.5 Å². The topological polar surface area (TPSA) is 107 Å². The first-order valence-electron chi connectivity index (χ1n) is 9.80. The second-order valence-electron chi connectivity index (χ2n) is 7.03. The number of aromatic nitrogens is 3. The summed E-state index contributed by atoms with van der Waals surface area (Å²) in [5, 5.41) is 4.81. The van der Waals surface area contributed by atoms with E-state index >= 15 is 0 Å². The number of rotatable bonds is 8. The van der Waals surface area contributed by atoms with Gasteiger partial charge in [0.2, 0.25) is 6.41 Å². The Balaban J connectivity index is 1.87. The molecule has 11 heteroatoms. The predicted molar refractivity (Wildman–Crippen MR) is 128 cm³/mol. The van der Waals surface area contributed by atoms with Gasteiger partial charge in [0.25, 0.3) is 0 Å². The molecule has 0 bridgehead atoms. The Bertz CT molecular complexity index is 1370. The highest BCUT2D eigenvalue weighted by atomic mass is 35.5. The van der Waals surface area contributed by atoms with E-state index in [1.54, 1.807) is 73.5 Å². The summed E-state index contributed by atoms with van der Waals surface area (Å²) in [6, 6.07) is 13.9. The number of thiol groups is 1. The van der Waals surface area contributed by atoms with Gasteiger partial charge in [-0.2, -0.15) is 4.98 Å². The highest BCUT2D eigenvalue weighted by molar-refractivity contribution is 8.01. The summed E-state index contributed by atoms with van der Waals surface area (Å²) in [6.07, 6.45) is 2.01. The molecule has 0 radical (unpaired) electrons. The molecular weight excluding hydrogens is 466 g/mol. The molecule has 0 saturated carbocycles. The Morgan fingerprint density at radius 3 is 2.52 bits per heavy atom. The maximum Gasteiger partial charge on any atom is 0.318 e. The number of amides is 1. The average molecular weight is 488 g/mol. The molecule has 1 amide bonds. The highest BCUT2D eigenvalue weighted by Crippen LogP contribution is 2.38. The van der Waals surface area contributed by atoms with Gasteiger partial charge in [-0.05, 0) is 48.5 Å². The number of aryl methyl sites for hydroxylation is 1. The summed E-state index contributed by atoms with van der Waals surface area (Å²) in [7, 11) is 1.25. The van der Waals surface area contributed by atoms with Crippen molar-refractivity contribution in [3.63, 3.8) is 0 Å². The molecule has 0 spiro atoms. The van der Waals surface area contributed by atoms with Crippen molar-refractivity contribution in [3.05, 3.63) is 59.8 Å². The van der Waals surface area contributed by atoms with Gasteiger partial charge in [0.05, 0.1) is 24.8 Å². The number of carbonyl (C=O) groups excluding carboxylic acids is 1. The Labute approximate surface area is 196 Å². The number of hydrogen-bond donors (Lipinski definition) is 3. The second-order valence-corrected chi connectivity index (χ2v) is 9.89. The third kappa shape index (κ3) is 4.10. The van der Waals surface area contributed by atoms with Gasteiger partial charge in [-0.25, -0.2) is 4.98 Å². The molecule has 172 valence electrons. The number of benzene rings is 2. The van der Waals surface area contributed by atoms with Gasteiger partial charge in [0, 0.05) is 39.3 Å². The summed E-state index contributed by atoms with van der Waals surface area (Å²) >= 11 is 6.52. The minimum Gasteiger partial charge on any atom is -0.497 e. The van der Waals surface area contributed by atoms with Crippen LogP contribution in [0.3, 0.4) is 0 Å². The Hall–Kier alpha value is -3.63. The van der Waals surface area contributed by atoms with E-state index in [1.165, 1.54) is 7.11 Å². The molecule has 0 atom stereocenters. The maximum atomic E-state index is 14.2. The average Bonchev–Trinajstić information content (AvgIpc) is 3.20. The lowest BCUT2D eigenvalue weighted by Crippen LogP contribution is -2.32. The van der Waals surface area contributed by atoms with Gasteiger partial charge in [-0.3, -0.25) is 13.7 Å². The van der Waals surface area contributed by atoms with Crippen LogP contribution in [0.4, 0.5) is 11.5 Å². The zero-order valence-corrected chi connectivity index (χ0v) is 19.7. The predicted octanol–water partition coefficient (Wildman–Crippen LogP) is 3.48. The van der Waals surface area contributed by atoms with E-state index in [9.17, 15) is 9.00 Å². The zero-order chi connectivity index (χ0) is 23.6. The van der Waals surface area contributed by atoms with Crippen LogP contribution in [0.5, 0.6) is 11.8 Å². The molecule has 4 aromatic rings. The normalized spacial score (nSPS) is 11.8. The third-order valence-electron chi connectivity index (χ3n) is 5.19. The van der Waals surface area contributed by atoms with Gasteiger partial charge in [0.1, 0.15) is 16.6 Å². The van der Waals surface area contributed by atoms with E-state index in [0.29, 0.717) is 49.5 Å². The first-order valence-corrected chi connectivity index (χ1v) is 11.9. The molecule has 2 heterocycles. The van der Waals surface area contributed by atoms with Crippen LogP contribution in [0.2, 0.25) is 5.02 Å². The lowest BCUT2D eigenvalue weighted by atomic mass is 10.2. The number of ether oxygens (including phenoxy) is 2. The van der Waals surface area contributed by atoms with Crippen molar-refractivity contribution in [1.82, 2.24) is 19.3 Å². The van der Waals surface area contributed by atoms with E-state index in [-0.39, 0.29) is 6.01 Å². The number of hydrogen-bond acceptors (Lipinski definition) is 7. The Morgan fingerprint density at radius 2 is 1.85 bits per heavy atom. The van der Waals surface area contributed by atoms with Crippen LogP contribution in [0.25, 0.3) is 10.9 Å². The SMILES string of the molecule is COc1ccc([SH](=O)(NC=O)c2cc3c(Nc4ccnc(OC)n4)ccc(Cl)c3n2C)cc1. The molecule has 0 unspecified atom stereocenters. The quantitative estimate of drug-likeness (QED) is 0.258. The van der Waals surface area contributed by atoms with Gasteiger partial charge in [0.15, 0.2) is 0 Å². The fourth-order valence-electron chi connectivity index (χ4n) is 3.61. The molecule has 9 nitrogen and oxygen atoms in total. The number of carbonyl (C=O) groups is 1. The second kappa shape index (κ2) is 9.08. The van der Waals surface area contributed by atoms with Crippen LogP contribution in [-0.2, 0) is 22.0 Å². The standard InChI is InChI=1S/C22H22ClN5O4S/c1-28-20(33(30,25-13-29)15-6-4-14(31-2)5-7-15)12-16-18(9-8-17(23)21(16)28)26-19-10-11-24-22(27-19)32-3/h4-13,33H,1-3H3,(H,24,26,27)(H,25,29,30). The summed E-state index contributed by atoms with van der Waals surface area (Å²) in [6.45, 7) is 0. The fraction of sp³-hybridized carbons (Fsp3) is 0.136. The minimum absolute atomic E-state index is 0.221. The van der Waals surface area contributed by atoms with Crippen LogP contribution in [-0.4, -0.2) is 39.4 Å². The first-order chi connectivity index (χ1) is 15.9. The Morgan fingerprint density at radius 1 is 1.09 bits per heavy atom. The number of anilines is 2. The van der Waals surface area contributed by atoms with E-state index < -0.39 is 10.1 Å². The smallest absolute Gasteiger partial charge is 0.318 e. The van der Waals surface area contributed by atoms with Crippen molar-refractivity contribution in [1.29, 1.82) is 0 Å². The number of fused-ring (bicyclic) bond motifs is 1. The fourth-order valence-corrected chi connectivity index (χ4v) is 5.99. The zero-order valence-electron chi connectivity index (χ0n) is 18.1. The number of halogens is 1. The lowest BCUT2D eigenvalue weighted by molar-refractivity contribution is -0.108. The minimum atomic E-state index is -3.54. The van der Waals surface area contributed by atoms with Crippen molar-refractivity contribution in [3.8, 4) is 11.8 Å². The molecule has 2 aromatic carbocycles. The van der Waals surface area contributed by atoms with Crippen molar-refractivity contribution in [2.24, 2.45) is 7.05 Å². The number of nitrogens with one attached hydrogen (secondary N) is 2. The van der Waals surface area contributed by atoms with Gasteiger partial charge in [-0.1, -0.05) is 11.6 Å². The van der Waals surface area contributed by atoms with Crippen LogP contribution in [0.15, 0.2) is 64.6 Å². The molecule has 2 N–H and O–H groups in total. The Kier molecular flexibility index (Phi) is 6.21. The molecule has 4 rings (SSSR count). The van der Waals surface area contributed by atoms with Crippen molar-refractivity contribution in [2.45, 2.75) is 9.92 Å². The highest BCUT2D eigenvalue weighted by Gasteiger charge is 2.26.